The molecular formula is C9H15NO5. The van der Waals surface area contributed by atoms with Crippen molar-refractivity contribution in [2.45, 2.75) is 13.0 Å². The Morgan fingerprint density at radius 1 is 1.33 bits per heavy atom. The third-order valence-electron chi connectivity index (χ3n) is 2.32. The normalized spacial score (nSPS) is 26.3. The number of rotatable bonds is 3. The van der Waals surface area contributed by atoms with E-state index in [1.165, 1.54) is 14.2 Å². The van der Waals surface area contributed by atoms with E-state index >= 15 is 0 Å². The average molecular weight is 217 g/mol. The molecule has 1 fully saturated rings. The lowest BCUT2D eigenvalue weighted by atomic mass is 10.0. The third-order valence-corrected chi connectivity index (χ3v) is 2.32. The van der Waals surface area contributed by atoms with Gasteiger partial charge in [-0.15, -0.1) is 0 Å². The zero-order chi connectivity index (χ0) is 11.4. The molecule has 0 aromatic heterocycles. The van der Waals surface area contributed by atoms with Gasteiger partial charge in [-0.05, 0) is 0 Å². The lowest BCUT2D eigenvalue weighted by Gasteiger charge is -2.12. The van der Waals surface area contributed by atoms with Crippen LogP contribution in [-0.2, 0) is 23.9 Å². The Hall–Kier alpha value is -1.14. The standard InChI is InChI=1S/C9H15NO5/c1-4-10-5-6(8(11)13-2)7(15-10)9(12)14-3/h6-7H,4-5H2,1-3H3. The van der Waals surface area contributed by atoms with Crippen molar-refractivity contribution in [3.63, 3.8) is 0 Å². The van der Waals surface area contributed by atoms with Gasteiger partial charge in [0, 0.05) is 13.1 Å². The summed E-state index contributed by atoms with van der Waals surface area (Å²) in [5.41, 5.74) is 0. The molecule has 2 atom stereocenters. The van der Waals surface area contributed by atoms with Gasteiger partial charge in [-0.1, -0.05) is 6.92 Å². The number of carbonyl (C=O) groups excluding carboxylic acids is 2. The van der Waals surface area contributed by atoms with E-state index in [2.05, 4.69) is 9.47 Å². The van der Waals surface area contributed by atoms with Crippen LogP contribution in [0.3, 0.4) is 0 Å². The summed E-state index contributed by atoms with van der Waals surface area (Å²) in [7, 11) is 2.54. The summed E-state index contributed by atoms with van der Waals surface area (Å²) >= 11 is 0. The predicted octanol–water partition coefficient (Wildman–Crippen LogP) is -0.416. The molecule has 6 nitrogen and oxygen atoms in total. The smallest absolute Gasteiger partial charge is 0.338 e. The van der Waals surface area contributed by atoms with Gasteiger partial charge in [-0.25, -0.2) is 4.79 Å². The fraction of sp³-hybridized carbons (Fsp3) is 0.778. The van der Waals surface area contributed by atoms with Crippen molar-refractivity contribution < 1.29 is 23.9 Å². The summed E-state index contributed by atoms with van der Waals surface area (Å²) in [6, 6.07) is 0. The van der Waals surface area contributed by atoms with E-state index in [0.29, 0.717) is 13.1 Å². The molecule has 0 bridgehead atoms. The number of hydroxylamine groups is 2. The first-order valence-electron chi connectivity index (χ1n) is 4.71. The van der Waals surface area contributed by atoms with Crippen LogP contribution in [0.25, 0.3) is 0 Å². The summed E-state index contributed by atoms with van der Waals surface area (Å²) in [5.74, 6) is -1.62. The first kappa shape index (κ1) is 11.9. The first-order valence-corrected chi connectivity index (χ1v) is 4.71. The van der Waals surface area contributed by atoms with Crippen molar-refractivity contribution in [3.8, 4) is 0 Å². The zero-order valence-corrected chi connectivity index (χ0v) is 9.06. The lowest BCUT2D eigenvalue weighted by Crippen LogP contribution is -2.34. The van der Waals surface area contributed by atoms with Gasteiger partial charge in [0.15, 0.2) is 6.10 Å². The minimum atomic E-state index is -0.887. The number of carbonyl (C=O) groups is 2. The van der Waals surface area contributed by atoms with Gasteiger partial charge >= 0.3 is 11.9 Å². The molecule has 2 unspecified atom stereocenters. The Kier molecular flexibility index (Phi) is 4.05. The van der Waals surface area contributed by atoms with Gasteiger partial charge in [0.2, 0.25) is 0 Å². The molecule has 0 N–H and O–H groups in total. The molecule has 1 rings (SSSR count). The van der Waals surface area contributed by atoms with Gasteiger partial charge < -0.3 is 9.47 Å². The Labute approximate surface area is 88.0 Å². The van der Waals surface area contributed by atoms with Crippen LogP contribution >= 0.6 is 0 Å². The van der Waals surface area contributed by atoms with Crippen molar-refractivity contribution in [2.75, 3.05) is 27.3 Å². The van der Waals surface area contributed by atoms with Crippen LogP contribution in [0.15, 0.2) is 0 Å². The second kappa shape index (κ2) is 5.09. The van der Waals surface area contributed by atoms with Crippen LogP contribution in [0.1, 0.15) is 6.92 Å². The molecule has 0 saturated carbocycles. The fourth-order valence-corrected chi connectivity index (χ4v) is 1.47. The summed E-state index contributed by atoms with van der Waals surface area (Å²) in [6.45, 7) is 2.82. The molecule has 0 radical (unpaired) electrons. The highest BCUT2D eigenvalue weighted by atomic mass is 16.7. The molecule has 0 aromatic rings. The number of hydrogen-bond donors (Lipinski definition) is 0. The highest BCUT2D eigenvalue weighted by Gasteiger charge is 2.44. The maximum absolute atomic E-state index is 11.4. The van der Waals surface area contributed by atoms with Crippen molar-refractivity contribution in [2.24, 2.45) is 5.92 Å². The molecule has 6 heteroatoms. The van der Waals surface area contributed by atoms with Crippen LogP contribution in [0.4, 0.5) is 0 Å². The molecule has 1 heterocycles. The highest BCUT2D eigenvalue weighted by Crippen LogP contribution is 2.22. The maximum atomic E-state index is 11.4. The van der Waals surface area contributed by atoms with Crippen molar-refractivity contribution >= 4 is 11.9 Å². The summed E-state index contributed by atoms with van der Waals surface area (Å²) in [5, 5.41) is 1.54. The molecule has 1 saturated heterocycles. The number of esters is 2. The summed E-state index contributed by atoms with van der Waals surface area (Å²) in [4.78, 5) is 28.0. The minimum Gasteiger partial charge on any atom is -0.469 e. The summed E-state index contributed by atoms with van der Waals surface area (Å²) in [6.07, 6.45) is -0.887. The van der Waals surface area contributed by atoms with Crippen LogP contribution in [0, 0.1) is 5.92 Å². The van der Waals surface area contributed by atoms with E-state index in [0.717, 1.165) is 0 Å². The highest BCUT2D eigenvalue weighted by molar-refractivity contribution is 5.84. The Bertz CT molecular complexity index is 231. The molecule has 1 aliphatic heterocycles. The van der Waals surface area contributed by atoms with E-state index in [9.17, 15) is 9.59 Å². The van der Waals surface area contributed by atoms with E-state index in [4.69, 9.17) is 4.84 Å². The van der Waals surface area contributed by atoms with Crippen LogP contribution < -0.4 is 0 Å². The maximum Gasteiger partial charge on any atom is 0.338 e. The predicted molar refractivity (Wildman–Crippen MR) is 49.6 cm³/mol. The number of nitrogens with zero attached hydrogens (tertiary/aromatic N) is 1. The largest absolute Gasteiger partial charge is 0.469 e. The molecule has 0 aromatic carbocycles. The van der Waals surface area contributed by atoms with Gasteiger partial charge in [0.1, 0.15) is 5.92 Å². The van der Waals surface area contributed by atoms with Crippen LogP contribution in [0.5, 0.6) is 0 Å². The molecule has 0 amide bonds. The van der Waals surface area contributed by atoms with Crippen molar-refractivity contribution in [3.05, 3.63) is 0 Å². The third kappa shape index (κ3) is 2.45. The van der Waals surface area contributed by atoms with Gasteiger partial charge in [0.05, 0.1) is 14.2 Å². The Morgan fingerprint density at radius 2 is 1.93 bits per heavy atom. The fourth-order valence-electron chi connectivity index (χ4n) is 1.47. The SMILES string of the molecule is CCN1CC(C(=O)OC)C(C(=O)OC)O1. The number of hydrogen-bond acceptors (Lipinski definition) is 6. The zero-order valence-electron chi connectivity index (χ0n) is 9.06. The quantitative estimate of drug-likeness (QED) is 0.598. The second-order valence-electron chi connectivity index (χ2n) is 3.16. The van der Waals surface area contributed by atoms with Gasteiger partial charge in [-0.2, -0.15) is 5.06 Å². The van der Waals surface area contributed by atoms with Crippen LogP contribution in [-0.4, -0.2) is 50.4 Å². The second-order valence-corrected chi connectivity index (χ2v) is 3.16. The Balaban J connectivity index is 2.73. The average Bonchev–Trinajstić information content (AvgIpc) is 2.70. The van der Waals surface area contributed by atoms with Gasteiger partial charge in [-0.3, -0.25) is 9.63 Å². The molecule has 15 heavy (non-hydrogen) atoms. The van der Waals surface area contributed by atoms with E-state index in [1.54, 1.807) is 5.06 Å². The number of methoxy groups -OCH3 is 2. The molecule has 0 spiro atoms. The minimum absolute atomic E-state index is 0.350. The first-order chi connectivity index (χ1) is 7.13. The monoisotopic (exact) mass is 217 g/mol. The van der Waals surface area contributed by atoms with E-state index < -0.39 is 24.0 Å². The molecule has 1 aliphatic rings. The molecule has 0 aliphatic carbocycles. The summed E-state index contributed by atoms with van der Waals surface area (Å²) < 4.78 is 9.15. The molecule has 86 valence electrons. The van der Waals surface area contributed by atoms with Crippen molar-refractivity contribution in [1.29, 1.82) is 0 Å². The molecular weight excluding hydrogens is 202 g/mol. The van der Waals surface area contributed by atoms with E-state index in [-0.39, 0.29) is 0 Å². The lowest BCUT2D eigenvalue weighted by molar-refractivity contribution is -0.183. The topological polar surface area (TPSA) is 65.1 Å². The number of ether oxygens (including phenoxy) is 2. The van der Waals surface area contributed by atoms with Crippen molar-refractivity contribution in [1.82, 2.24) is 5.06 Å². The van der Waals surface area contributed by atoms with Crippen LogP contribution in [0.2, 0.25) is 0 Å². The van der Waals surface area contributed by atoms with E-state index in [1.807, 2.05) is 6.92 Å². The Morgan fingerprint density at radius 3 is 2.40 bits per heavy atom. The van der Waals surface area contributed by atoms with Gasteiger partial charge in [0.25, 0.3) is 0 Å².